The molecule has 1 spiro atoms. The van der Waals surface area contributed by atoms with Gasteiger partial charge >= 0.3 is 0 Å². The summed E-state index contributed by atoms with van der Waals surface area (Å²) in [6, 6.07) is 8.54. The Morgan fingerprint density at radius 2 is 1.89 bits per heavy atom. The topological polar surface area (TPSA) is 60.9 Å². The average molecular weight is 370 g/mol. The van der Waals surface area contributed by atoms with E-state index < -0.39 is 0 Å². The van der Waals surface area contributed by atoms with Crippen molar-refractivity contribution >= 4 is 11.8 Å². The predicted molar refractivity (Wildman–Crippen MR) is 103 cm³/mol. The Bertz CT molecular complexity index is 694. The lowest BCUT2D eigenvalue weighted by Crippen LogP contribution is -2.55. The Morgan fingerprint density at radius 3 is 2.59 bits per heavy atom. The zero-order valence-corrected chi connectivity index (χ0v) is 16.0. The molecular weight excluding hydrogens is 340 g/mol. The van der Waals surface area contributed by atoms with E-state index in [2.05, 4.69) is 29.2 Å². The number of aliphatic hydroxyl groups excluding tert-OH is 1. The van der Waals surface area contributed by atoms with Crippen molar-refractivity contribution in [1.82, 2.24) is 9.80 Å². The highest BCUT2D eigenvalue weighted by atomic mass is 16.3. The first kappa shape index (κ1) is 18.5. The van der Waals surface area contributed by atoms with Crippen LogP contribution in [0.2, 0.25) is 0 Å². The highest BCUT2D eigenvalue weighted by Gasteiger charge is 2.42. The molecule has 1 aromatic carbocycles. The quantitative estimate of drug-likeness (QED) is 0.882. The minimum Gasteiger partial charge on any atom is -0.395 e. The molecule has 2 heterocycles. The summed E-state index contributed by atoms with van der Waals surface area (Å²) >= 11 is 0. The molecule has 3 aliphatic rings. The van der Waals surface area contributed by atoms with Gasteiger partial charge in [0.05, 0.1) is 6.61 Å². The highest BCUT2D eigenvalue weighted by molar-refractivity contribution is 5.78. The maximum Gasteiger partial charge on any atom is 0.222 e. The van der Waals surface area contributed by atoms with Gasteiger partial charge in [-0.2, -0.15) is 0 Å². The number of piperidine rings is 2. The van der Waals surface area contributed by atoms with Crippen molar-refractivity contribution in [2.45, 2.75) is 44.9 Å². The predicted octanol–water partition coefficient (Wildman–Crippen LogP) is 2.02. The van der Waals surface area contributed by atoms with Crippen LogP contribution in [-0.4, -0.2) is 59.5 Å². The highest BCUT2D eigenvalue weighted by Crippen LogP contribution is 2.39. The molecule has 1 N–H and O–H groups in total. The summed E-state index contributed by atoms with van der Waals surface area (Å²) in [5, 5.41) is 9.24. The molecule has 2 saturated heterocycles. The fraction of sp³-hybridized carbons (Fsp3) is 0.636. The van der Waals surface area contributed by atoms with E-state index in [-0.39, 0.29) is 23.8 Å². The van der Waals surface area contributed by atoms with Gasteiger partial charge < -0.3 is 14.9 Å². The number of hydrogen-bond acceptors (Lipinski definition) is 3. The number of aliphatic hydroxyl groups is 1. The van der Waals surface area contributed by atoms with Crippen LogP contribution >= 0.6 is 0 Å². The van der Waals surface area contributed by atoms with Crippen LogP contribution in [0, 0.1) is 11.3 Å². The molecule has 0 aromatic heterocycles. The molecule has 146 valence electrons. The van der Waals surface area contributed by atoms with Crippen molar-refractivity contribution in [3.05, 3.63) is 35.4 Å². The second-order valence-corrected chi connectivity index (χ2v) is 8.70. The smallest absolute Gasteiger partial charge is 0.222 e. The van der Waals surface area contributed by atoms with Gasteiger partial charge in [0.1, 0.15) is 0 Å². The summed E-state index contributed by atoms with van der Waals surface area (Å²) in [5.41, 5.74) is 2.82. The number of carbonyl (C=O) groups excluding carboxylic acids is 2. The fourth-order valence-electron chi connectivity index (χ4n) is 5.35. The van der Waals surface area contributed by atoms with E-state index in [9.17, 15) is 14.7 Å². The van der Waals surface area contributed by atoms with E-state index in [1.54, 1.807) is 4.90 Å². The van der Waals surface area contributed by atoms with Gasteiger partial charge in [0.2, 0.25) is 11.8 Å². The number of β-amino-alcohol motifs (C(OH)–C–C–N with tert-alkyl or cyclic N) is 1. The summed E-state index contributed by atoms with van der Waals surface area (Å²) < 4.78 is 0. The first-order valence-electron chi connectivity index (χ1n) is 10.3. The van der Waals surface area contributed by atoms with E-state index in [1.807, 2.05) is 0 Å². The Balaban J connectivity index is 1.37. The maximum atomic E-state index is 13.0. The van der Waals surface area contributed by atoms with Crippen LogP contribution in [0.3, 0.4) is 0 Å². The molecule has 0 radical (unpaired) electrons. The van der Waals surface area contributed by atoms with Crippen LogP contribution < -0.4 is 0 Å². The normalized spacial score (nSPS) is 25.9. The van der Waals surface area contributed by atoms with E-state index >= 15 is 0 Å². The molecule has 2 fully saturated rings. The Morgan fingerprint density at radius 1 is 1.15 bits per heavy atom. The van der Waals surface area contributed by atoms with Crippen LogP contribution in [0.1, 0.15) is 43.2 Å². The third kappa shape index (κ3) is 3.88. The van der Waals surface area contributed by atoms with Crippen LogP contribution in [0.25, 0.3) is 0 Å². The van der Waals surface area contributed by atoms with Gasteiger partial charge in [-0.05, 0) is 49.1 Å². The van der Waals surface area contributed by atoms with Gasteiger partial charge in [-0.1, -0.05) is 24.3 Å². The molecule has 5 nitrogen and oxygen atoms in total. The van der Waals surface area contributed by atoms with E-state index in [4.69, 9.17) is 0 Å². The third-order valence-corrected chi connectivity index (χ3v) is 6.73. The van der Waals surface area contributed by atoms with Gasteiger partial charge in [-0.15, -0.1) is 0 Å². The minimum atomic E-state index is 0.00665. The average Bonchev–Trinajstić information content (AvgIpc) is 3.07. The standard InChI is InChI=1S/C22H30N2O3/c25-11-10-24-16-22(8-6-20(24)26)7-3-9-23(15-22)21(27)14-17-12-18-4-1-2-5-19(18)13-17/h1-2,4-5,17,25H,3,6-16H2. The fourth-order valence-corrected chi connectivity index (χ4v) is 5.35. The number of amides is 2. The number of nitrogens with zero attached hydrogens (tertiary/aromatic N) is 2. The Kier molecular flexibility index (Phi) is 5.22. The number of fused-ring (bicyclic) bond motifs is 1. The van der Waals surface area contributed by atoms with Crippen LogP contribution in [0.4, 0.5) is 0 Å². The van der Waals surface area contributed by atoms with Crippen molar-refractivity contribution in [1.29, 1.82) is 0 Å². The van der Waals surface area contributed by atoms with Gasteiger partial charge in [-0.25, -0.2) is 0 Å². The van der Waals surface area contributed by atoms with Gasteiger partial charge in [0.15, 0.2) is 0 Å². The van der Waals surface area contributed by atoms with Crippen molar-refractivity contribution in [2.24, 2.45) is 11.3 Å². The van der Waals surface area contributed by atoms with Gasteiger partial charge in [0, 0.05) is 44.4 Å². The summed E-state index contributed by atoms with van der Waals surface area (Å²) in [5.74, 6) is 0.839. The molecule has 0 saturated carbocycles. The van der Waals surface area contributed by atoms with Crippen molar-refractivity contribution < 1.29 is 14.7 Å². The first-order valence-corrected chi connectivity index (χ1v) is 10.3. The molecule has 27 heavy (non-hydrogen) atoms. The van der Waals surface area contributed by atoms with Crippen molar-refractivity contribution in [3.8, 4) is 0 Å². The summed E-state index contributed by atoms with van der Waals surface area (Å²) in [6.45, 7) is 2.71. The van der Waals surface area contributed by atoms with E-state index in [0.29, 0.717) is 31.8 Å². The van der Waals surface area contributed by atoms with E-state index in [0.717, 1.165) is 45.2 Å². The number of hydrogen-bond donors (Lipinski definition) is 1. The SMILES string of the molecule is O=C1CCC2(CCCN(C(=O)CC3Cc4ccccc4C3)C2)CN1CCO. The molecular formula is C22H30N2O3. The molecule has 1 atom stereocenters. The maximum absolute atomic E-state index is 13.0. The monoisotopic (exact) mass is 370 g/mol. The molecule has 2 amide bonds. The van der Waals surface area contributed by atoms with Crippen LogP contribution in [0.15, 0.2) is 24.3 Å². The zero-order valence-electron chi connectivity index (χ0n) is 16.0. The number of benzene rings is 1. The van der Waals surface area contributed by atoms with Crippen molar-refractivity contribution in [2.75, 3.05) is 32.8 Å². The first-order chi connectivity index (χ1) is 13.1. The number of carbonyl (C=O) groups is 2. The lowest BCUT2D eigenvalue weighted by molar-refractivity contribution is -0.143. The Hall–Kier alpha value is -1.88. The minimum absolute atomic E-state index is 0.00665. The van der Waals surface area contributed by atoms with Crippen LogP contribution in [0.5, 0.6) is 0 Å². The molecule has 0 bridgehead atoms. The lowest BCUT2D eigenvalue weighted by atomic mass is 9.73. The lowest BCUT2D eigenvalue weighted by Gasteiger charge is -2.48. The van der Waals surface area contributed by atoms with Crippen LogP contribution in [-0.2, 0) is 22.4 Å². The Labute approximate surface area is 161 Å². The van der Waals surface area contributed by atoms with Gasteiger partial charge in [0.25, 0.3) is 0 Å². The summed E-state index contributed by atoms with van der Waals surface area (Å²) in [7, 11) is 0. The molecule has 2 aliphatic heterocycles. The molecule has 4 rings (SSSR count). The number of likely N-dealkylation sites (tertiary alicyclic amines) is 2. The van der Waals surface area contributed by atoms with Crippen molar-refractivity contribution in [3.63, 3.8) is 0 Å². The summed E-state index contributed by atoms with van der Waals surface area (Å²) in [4.78, 5) is 29.0. The number of rotatable bonds is 4. The zero-order chi connectivity index (χ0) is 18.9. The second-order valence-electron chi connectivity index (χ2n) is 8.70. The second kappa shape index (κ2) is 7.63. The molecule has 5 heteroatoms. The third-order valence-electron chi connectivity index (χ3n) is 6.73. The molecule has 1 aromatic rings. The van der Waals surface area contributed by atoms with E-state index in [1.165, 1.54) is 11.1 Å². The largest absolute Gasteiger partial charge is 0.395 e. The van der Waals surface area contributed by atoms with Gasteiger partial charge in [-0.3, -0.25) is 9.59 Å². The summed E-state index contributed by atoms with van der Waals surface area (Å²) in [6.07, 6.45) is 6.15. The molecule has 1 aliphatic carbocycles. The molecule has 1 unspecified atom stereocenters.